The van der Waals surface area contributed by atoms with Crippen LogP contribution < -0.4 is 5.32 Å². The highest BCUT2D eigenvalue weighted by Gasteiger charge is 2.14. The van der Waals surface area contributed by atoms with Gasteiger partial charge in [0.15, 0.2) is 0 Å². The van der Waals surface area contributed by atoms with Crippen molar-refractivity contribution in [1.82, 2.24) is 0 Å². The molecule has 1 saturated heterocycles. The van der Waals surface area contributed by atoms with Crippen LogP contribution in [0.25, 0.3) is 0 Å². The molecular weight excluding hydrogens is 302 g/mol. The van der Waals surface area contributed by atoms with Gasteiger partial charge in [-0.05, 0) is 43.9 Å². The Bertz CT molecular complexity index is 366. The summed E-state index contributed by atoms with van der Waals surface area (Å²) >= 11 is 9.51. The average Bonchev–Trinajstić information content (AvgIpc) is 2.79. The van der Waals surface area contributed by atoms with E-state index in [0.717, 1.165) is 41.2 Å². The Morgan fingerprint density at radius 2 is 2.35 bits per heavy atom. The normalized spacial score (nSPS) is 19.5. The minimum absolute atomic E-state index is 0.484. The lowest BCUT2D eigenvalue weighted by Crippen LogP contribution is -2.09. The van der Waals surface area contributed by atoms with E-state index >= 15 is 0 Å². The van der Waals surface area contributed by atoms with Crippen LogP contribution in [0.5, 0.6) is 0 Å². The zero-order valence-electron chi connectivity index (χ0n) is 9.72. The Kier molecular flexibility index (Phi) is 5.14. The van der Waals surface area contributed by atoms with Gasteiger partial charge in [-0.25, -0.2) is 0 Å². The van der Waals surface area contributed by atoms with Crippen molar-refractivity contribution in [3.63, 3.8) is 0 Å². The Labute approximate surface area is 116 Å². The highest BCUT2D eigenvalue weighted by molar-refractivity contribution is 9.10. The van der Waals surface area contributed by atoms with E-state index in [1.54, 1.807) is 0 Å². The number of rotatable bonds is 5. The Morgan fingerprint density at radius 3 is 3.06 bits per heavy atom. The van der Waals surface area contributed by atoms with E-state index < -0.39 is 0 Å². The summed E-state index contributed by atoms with van der Waals surface area (Å²) in [5.41, 5.74) is 1.00. The zero-order chi connectivity index (χ0) is 12.1. The maximum absolute atomic E-state index is 6.12. The maximum Gasteiger partial charge on any atom is 0.0648 e. The number of halogens is 2. The molecule has 0 aliphatic carbocycles. The van der Waals surface area contributed by atoms with Crippen LogP contribution in [0.2, 0.25) is 5.02 Å². The first kappa shape index (κ1) is 13.2. The SMILES string of the molecule is Clc1cc(Br)ccc1NCCCC1CCCO1. The number of ether oxygens (including phenoxy) is 1. The molecule has 1 aromatic carbocycles. The van der Waals surface area contributed by atoms with Gasteiger partial charge in [0.05, 0.1) is 16.8 Å². The third kappa shape index (κ3) is 4.16. The molecule has 17 heavy (non-hydrogen) atoms. The lowest BCUT2D eigenvalue weighted by atomic mass is 10.1. The molecule has 94 valence electrons. The van der Waals surface area contributed by atoms with Crippen LogP contribution in [0.3, 0.4) is 0 Å². The van der Waals surface area contributed by atoms with Crippen LogP contribution in [0.4, 0.5) is 5.69 Å². The molecule has 1 aliphatic heterocycles. The van der Waals surface area contributed by atoms with E-state index in [0.29, 0.717) is 6.10 Å². The number of benzene rings is 1. The van der Waals surface area contributed by atoms with Crippen molar-refractivity contribution < 1.29 is 4.74 Å². The highest BCUT2D eigenvalue weighted by atomic mass is 79.9. The summed E-state index contributed by atoms with van der Waals surface area (Å²) in [6, 6.07) is 5.90. The second kappa shape index (κ2) is 6.62. The second-order valence-corrected chi connectivity index (χ2v) is 5.65. The lowest BCUT2D eigenvalue weighted by Gasteiger charge is -2.11. The van der Waals surface area contributed by atoms with E-state index in [9.17, 15) is 0 Å². The van der Waals surface area contributed by atoms with Crippen LogP contribution >= 0.6 is 27.5 Å². The molecule has 0 spiro atoms. The monoisotopic (exact) mass is 317 g/mol. The Balaban J connectivity index is 1.70. The van der Waals surface area contributed by atoms with Gasteiger partial charge in [0.1, 0.15) is 0 Å². The summed E-state index contributed by atoms with van der Waals surface area (Å²) in [7, 11) is 0. The molecule has 1 heterocycles. The largest absolute Gasteiger partial charge is 0.384 e. The smallest absolute Gasteiger partial charge is 0.0648 e. The molecule has 1 N–H and O–H groups in total. The minimum atomic E-state index is 0.484. The van der Waals surface area contributed by atoms with E-state index in [2.05, 4.69) is 21.2 Å². The summed E-state index contributed by atoms with van der Waals surface area (Å²) in [5.74, 6) is 0. The lowest BCUT2D eigenvalue weighted by molar-refractivity contribution is 0.103. The zero-order valence-corrected chi connectivity index (χ0v) is 12.1. The molecule has 0 bridgehead atoms. The van der Waals surface area contributed by atoms with Gasteiger partial charge in [-0.15, -0.1) is 0 Å². The minimum Gasteiger partial charge on any atom is -0.384 e. The molecule has 0 saturated carbocycles. The van der Waals surface area contributed by atoms with Crippen molar-refractivity contribution in [3.05, 3.63) is 27.7 Å². The molecule has 0 radical (unpaired) electrons. The van der Waals surface area contributed by atoms with Gasteiger partial charge in [0.2, 0.25) is 0 Å². The molecule has 1 aromatic rings. The number of hydrogen-bond donors (Lipinski definition) is 1. The predicted octanol–water partition coefficient (Wildman–Crippen LogP) is 4.47. The summed E-state index contributed by atoms with van der Waals surface area (Å²) < 4.78 is 6.59. The molecule has 1 atom stereocenters. The first-order valence-electron chi connectivity index (χ1n) is 6.06. The molecule has 2 nitrogen and oxygen atoms in total. The second-order valence-electron chi connectivity index (χ2n) is 4.33. The number of anilines is 1. The van der Waals surface area contributed by atoms with Crippen molar-refractivity contribution in [2.75, 3.05) is 18.5 Å². The van der Waals surface area contributed by atoms with Crippen molar-refractivity contribution in [2.24, 2.45) is 0 Å². The van der Waals surface area contributed by atoms with Crippen LogP contribution in [0.1, 0.15) is 25.7 Å². The van der Waals surface area contributed by atoms with Crippen molar-refractivity contribution in [1.29, 1.82) is 0 Å². The van der Waals surface area contributed by atoms with Crippen molar-refractivity contribution in [2.45, 2.75) is 31.8 Å². The van der Waals surface area contributed by atoms with Gasteiger partial charge >= 0.3 is 0 Å². The van der Waals surface area contributed by atoms with E-state index in [1.807, 2.05) is 18.2 Å². The summed E-state index contributed by atoms with van der Waals surface area (Å²) in [6.07, 6.45) is 5.19. The molecule has 0 aromatic heterocycles. The van der Waals surface area contributed by atoms with E-state index in [-0.39, 0.29) is 0 Å². The topological polar surface area (TPSA) is 21.3 Å². The van der Waals surface area contributed by atoms with Gasteiger partial charge in [-0.2, -0.15) is 0 Å². The van der Waals surface area contributed by atoms with E-state index in [4.69, 9.17) is 16.3 Å². The Hall–Kier alpha value is -0.250. The first-order valence-corrected chi connectivity index (χ1v) is 7.23. The van der Waals surface area contributed by atoms with Crippen LogP contribution in [-0.4, -0.2) is 19.3 Å². The van der Waals surface area contributed by atoms with Crippen LogP contribution in [0, 0.1) is 0 Å². The molecule has 1 fully saturated rings. The molecular formula is C13H17BrClNO. The maximum atomic E-state index is 6.12. The third-order valence-electron chi connectivity index (χ3n) is 2.97. The average molecular weight is 319 g/mol. The summed E-state index contributed by atoms with van der Waals surface area (Å²) in [6.45, 7) is 1.89. The summed E-state index contributed by atoms with van der Waals surface area (Å²) in [5, 5.41) is 4.12. The fourth-order valence-electron chi connectivity index (χ4n) is 2.06. The van der Waals surface area contributed by atoms with Gasteiger partial charge in [0, 0.05) is 17.6 Å². The quantitative estimate of drug-likeness (QED) is 0.809. The first-order chi connectivity index (χ1) is 8.25. The fourth-order valence-corrected chi connectivity index (χ4v) is 2.80. The van der Waals surface area contributed by atoms with Crippen molar-refractivity contribution in [3.8, 4) is 0 Å². The van der Waals surface area contributed by atoms with E-state index in [1.165, 1.54) is 12.8 Å². The van der Waals surface area contributed by atoms with Gasteiger partial charge in [0.25, 0.3) is 0 Å². The molecule has 0 amide bonds. The Morgan fingerprint density at radius 1 is 1.47 bits per heavy atom. The molecule has 2 rings (SSSR count). The van der Waals surface area contributed by atoms with Gasteiger partial charge in [-0.1, -0.05) is 27.5 Å². The number of hydrogen-bond acceptors (Lipinski definition) is 2. The highest BCUT2D eigenvalue weighted by Crippen LogP contribution is 2.25. The molecule has 4 heteroatoms. The van der Waals surface area contributed by atoms with Crippen LogP contribution in [0.15, 0.2) is 22.7 Å². The molecule has 1 aliphatic rings. The van der Waals surface area contributed by atoms with Crippen molar-refractivity contribution >= 4 is 33.2 Å². The van der Waals surface area contributed by atoms with Gasteiger partial charge < -0.3 is 10.1 Å². The standard InChI is InChI=1S/C13H17BrClNO/c14-10-5-6-13(12(15)9-10)16-7-1-3-11-4-2-8-17-11/h5-6,9,11,16H,1-4,7-8H2. The van der Waals surface area contributed by atoms with Crippen LogP contribution in [-0.2, 0) is 4.74 Å². The van der Waals surface area contributed by atoms with Gasteiger partial charge in [-0.3, -0.25) is 0 Å². The number of nitrogens with one attached hydrogen (secondary N) is 1. The fraction of sp³-hybridized carbons (Fsp3) is 0.538. The predicted molar refractivity (Wildman–Crippen MR) is 75.8 cm³/mol. The molecule has 1 unspecified atom stereocenters. The third-order valence-corrected chi connectivity index (χ3v) is 3.78. The summed E-state index contributed by atoms with van der Waals surface area (Å²) in [4.78, 5) is 0.